The molecule has 1 unspecified atom stereocenters. The summed E-state index contributed by atoms with van der Waals surface area (Å²) in [6.07, 6.45) is 6.51. The molecule has 0 amide bonds. The van der Waals surface area contributed by atoms with Gasteiger partial charge in [-0.3, -0.25) is 4.68 Å². The summed E-state index contributed by atoms with van der Waals surface area (Å²) in [6, 6.07) is 2.51. The summed E-state index contributed by atoms with van der Waals surface area (Å²) in [7, 11) is 1.74. The molecule has 3 heterocycles. The predicted octanol–water partition coefficient (Wildman–Crippen LogP) is 0.701. The van der Waals surface area contributed by atoms with Crippen LogP contribution >= 0.6 is 0 Å². The number of fused-ring (bicyclic) bond motifs is 1. The zero-order valence-electron chi connectivity index (χ0n) is 10.6. The first-order chi connectivity index (χ1) is 9.63. The van der Waals surface area contributed by atoms with Gasteiger partial charge in [0.2, 0.25) is 0 Å². The Morgan fingerprint density at radius 3 is 2.95 bits per heavy atom. The predicted molar refractivity (Wildman–Crippen MR) is 70.2 cm³/mol. The quantitative estimate of drug-likeness (QED) is 0.725. The lowest BCUT2D eigenvalue weighted by molar-refractivity contribution is -0.138. The van der Waals surface area contributed by atoms with Crippen molar-refractivity contribution in [3.05, 3.63) is 42.5 Å². The van der Waals surface area contributed by atoms with Gasteiger partial charge in [-0.15, -0.1) is 0 Å². The number of hydrogen-bond acceptors (Lipinski definition) is 5. The van der Waals surface area contributed by atoms with Gasteiger partial charge >= 0.3 is 5.97 Å². The second kappa shape index (κ2) is 4.65. The average molecular weight is 272 g/mol. The van der Waals surface area contributed by atoms with Crippen molar-refractivity contribution >= 4 is 17.4 Å². The molecule has 0 aliphatic heterocycles. The summed E-state index contributed by atoms with van der Waals surface area (Å²) in [5.74, 6) is -0.526. The Hall–Kier alpha value is -2.90. The van der Waals surface area contributed by atoms with E-state index >= 15 is 0 Å². The van der Waals surface area contributed by atoms with Crippen molar-refractivity contribution in [2.24, 2.45) is 7.05 Å². The highest BCUT2D eigenvalue weighted by Gasteiger charge is 2.21. The molecule has 8 heteroatoms. The van der Waals surface area contributed by atoms with Gasteiger partial charge in [0.05, 0.1) is 12.4 Å². The molecule has 0 saturated heterocycles. The molecule has 20 heavy (non-hydrogen) atoms. The molecule has 1 atom stereocenters. The first-order valence-electron chi connectivity index (χ1n) is 5.92. The highest BCUT2D eigenvalue weighted by Crippen LogP contribution is 2.18. The van der Waals surface area contributed by atoms with E-state index in [1.165, 1.54) is 6.20 Å². The number of nitrogens with zero attached hydrogens (tertiary/aromatic N) is 5. The van der Waals surface area contributed by atoms with Gasteiger partial charge in [0.1, 0.15) is 5.82 Å². The van der Waals surface area contributed by atoms with E-state index in [2.05, 4.69) is 20.5 Å². The molecule has 2 N–H and O–H groups in total. The number of carbonyl (C=O) groups is 1. The Morgan fingerprint density at radius 2 is 2.25 bits per heavy atom. The fourth-order valence-corrected chi connectivity index (χ4v) is 1.92. The van der Waals surface area contributed by atoms with E-state index in [0.717, 1.165) is 0 Å². The van der Waals surface area contributed by atoms with Gasteiger partial charge in [-0.2, -0.15) is 10.2 Å². The Morgan fingerprint density at radius 1 is 1.40 bits per heavy atom. The maximum atomic E-state index is 11.4. The number of aryl methyl sites for hydroxylation is 1. The van der Waals surface area contributed by atoms with Crippen LogP contribution in [0.15, 0.2) is 36.9 Å². The Labute approximate surface area is 113 Å². The van der Waals surface area contributed by atoms with E-state index in [-0.39, 0.29) is 0 Å². The summed E-state index contributed by atoms with van der Waals surface area (Å²) in [6.45, 7) is 0. The van der Waals surface area contributed by atoms with Crippen molar-refractivity contribution < 1.29 is 9.90 Å². The van der Waals surface area contributed by atoms with E-state index < -0.39 is 12.0 Å². The second-order valence-electron chi connectivity index (χ2n) is 4.31. The number of carboxylic acid groups (broad SMARTS) is 1. The highest BCUT2D eigenvalue weighted by molar-refractivity contribution is 5.78. The Balaban J connectivity index is 1.91. The molecular formula is C12H12N6O2. The fraction of sp³-hybridized carbons (Fsp3) is 0.167. The van der Waals surface area contributed by atoms with E-state index in [0.29, 0.717) is 17.0 Å². The van der Waals surface area contributed by atoms with E-state index in [9.17, 15) is 9.90 Å². The van der Waals surface area contributed by atoms with Crippen LogP contribution in [-0.4, -0.2) is 35.5 Å². The number of hydrogen-bond donors (Lipinski definition) is 2. The topological polar surface area (TPSA) is 97.3 Å². The van der Waals surface area contributed by atoms with Crippen LogP contribution in [0.1, 0.15) is 11.6 Å². The molecule has 0 fully saturated rings. The van der Waals surface area contributed by atoms with Crippen molar-refractivity contribution in [3.63, 3.8) is 0 Å². The van der Waals surface area contributed by atoms with Crippen LogP contribution in [0.2, 0.25) is 0 Å². The third-order valence-electron chi connectivity index (χ3n) is 2.86. The van der Waals surface area contributed by atoms with Gasteiger partial charge in [-0.25, -0.2) is 14.3 Å². The van der Waals surface area contributed by atoms with Crippen molar-refractivity contribution in [1.82, 2.24) is 24.4 Å². The summed E-state index contributed by atoms with van der Waals surface area (Å²) >= 11 is 0. The monoisotopic (exact) mass is 272 g/mol. The molecule has 0 aromatic carbocycles. The molecule has 0 aliphatic rings. The number of aromatic nitrogens is 5. The zero-order valence-corrected chi connectivity index (χ0v) is 10.6. The Bertz CT molecular complexity index is 762. The third-order valence-corrected chi connectivity index (χ3v) is 2.86. The minimum Gasteiger partial charge on any atom is -0.479 e. The largest absolute Gasteiger partial charge is 0.479 e. The summed E-state index contributed by atoms with van der Waals surface area (Å²) < 4.78 is 3.16. The smallest absolute Gasteiger partial charge is 0.330 e. The molecule has 0 radical (unpaired) electrons. The van der Waals surface area contributed by atoms with Crippen LogP contribution in [0.5, 0.6) is 0 Å². The molecule has 3 aromatic heterocycles. The molecule has 0 saturated carbocycles. The maximum absolute atomic E-state index is 11.4. The van der Waals surface area contributed by atoms with Crippen molar-refractivity contribution in [2.75, 3.05) is 5.32 Å². The third kappa shape index (κ3) is 2.18. The lowest BCUT2D eigenvalue weighted by Crippen LogP contribution is -2.20. The molecular weight excluding hydrogens is 260 g/mol. The molecule has 0 bridgehead atoms. The van der Waals surface area contributed by atoms with E-state index in [4.69, 9.17) is 0 Å². The van der Waals surface area contributed by atoms with Crippen molar-refractivity contribution in [3.8, 4) is 0 Å². The van der Waals surface area contributed by atoms with Crippen LogP contribution in [-0.2, 0) is 11.8 Å². The minimum atomic E-state index is -0.992. The summed E-state index contributed by atoms with van der Waals surface area (Å²) in [5.41, 5.74) is 1.21. The fourth-order valence-electron chi connectivity index (χ4n) is 1.92. The van der Waals surface area contributed by atoms with Crippen LogP contribution in [0, 0.1) is 0 Å². The van der Waals surface area contributed by atoms with Gasteiger partial charge in [0.25, 0.3) is 0 Å². The first-order valence-corrected chi connectivity index (χ1v) is 5.92. The average Bonchev–Trinajstić information content (AvgIpc) is 3.03. The van der Waals surface area contributed by atoms with Gasteiger partial charge in [0.15, 0.2) is 11.7 Å². The molecule has 3 rings (SSSR count). The van der Waals surface area contributed by atoms with E-state index in [1.54, 1.807) is 47.0 Å². The number of rotatable bonds is 4. The number of aliphatic carboxylic acids is 1. The van der Waals surface area contributed by atoms with Gasteiger partial charge in [-0.1, -0.05) is 0 Å². The SMILES string of the molecule is Cn1cc(C(Nc2ccn3nccc3n2)C(=O)O)cn1. The van der Waals surface area contributed by atoms with Crippen molar-refractivity contribution in [1.29, 1.82) is 0 Å². The van der Waals surface area contributed by atoms with E-state index in [1.807, 2.05) is 0 Å². The van der Waals surface area contributed by atoms with Crippen LogP contribution in [0.25, 0.3) is 5.65 Å². The number of anilines is 1. The standard InChI is InChI=1S/C12H12N6O2/c1-17-7-8(6-14-17)11(12(19)20)16-9-3-5-18-10(15-9)2-4-13-18/h2-7,11H,1H3,(H,15,16)(H,19,20). The van der Waals surface area contributed by atoms with Crippen molar-refractivity contribution in [2.45, 2.75) is 6.04 Å². The first kappa shape index (κ1) is 12.2. The molecule has 0 spiro atoms. The van der Waals surface area contributed by atoms with Gasteiger partial charge in [-0.05, 0) is 6.07 Å². The highest BCUT2D eigenvalue weighted by atomic mass is 16.4. The summed E-state index contributed by atoms with van der Waals surface area (Å²) in [4.78, 5) is 15.7. The van der Waals surface area contributed by atoms with Gasteiger partial charge in [0, 0.05) is 31.1 Å². The van der Waals surface area contributed by atoms with Crippen LogP contribution < -0.4 is 5.32 Å². The Kier molecular flexibility index (Phi) is 2.82. The van der Waals surface area contributed by atoms with Crippen LogP contribution in [0.3, 0.4) is 0 Å². The second-order valence-corrected chi connectivity index (χ2v) is 4.31. The normalized spacial score (nSPS) is 12.4. The zero-order chi connectivity index (χ0) is 14.1. The minimum absolute atomic E-state index is 0.467. The molecule has 102 valence electrons. The molecule has 0 aliphatic carbocycles. The van der Waals surface area contributed by atoms with Gasteiger partial charge < -0.3 is 10.4 Å². The maximum Gasteiger partial charge on any atom is 0.330 e. The van der Waals surface area contributed by atoms with Crippen LogP contribution in [0.4, 0.5) is 5.82 Å². The number of nitrogens with one attached hydrogen (secondary N) is 1. The summed E-state index contributed by atoms with van der Waals surface area (Å²) in [5, 5.41) is 20.2. The lowest BCUT2D eigenvalue weighted by atomic mass is 10.1. The molecule has 3 aromatic rings. The lowest BCUT2D eigenvalue weighted by Gasteiger charge is -2.13. The number of carboxylic acids is 1. The molecule has 8 nitrogen and oxygen atoms in total.